The predicted octanol–water partition coefficient (Wildman–Crippen LogP) is 5.14. The largest absolute Gasteiger partial charge is 0.494 e. The number of fused-ring (bicyclic) bond motifs is 1. The highest BCUT2D eigenvalue weighted by Crippen LogP contribution is 2.21. The molecule has 26 heavy (non-hydrogen) atoms. The van der Waals surface area contributed by atoms with Crippen LogP contribution in [0.3, 0.4) is 0 Å². The van der Waals surface area contributed by atoms with Crippen molar-refractivity contribution in [3.63, 3.8) is 0 Å². The summed E-state index contributed by atoms with van der Waals surface area (Å²) < 4.78 is 5.67. The molecule has 0 saturated carbocycles. The minimum atomic E-state index is -0.0596. The van der Waals surface area contributed by atoms with Crippen LogP contribution in [0.15, 0.2) is 65.7 Å². The third-order valence-corrected chi connectivity index (χ3v) is 4.74. The van der Waals surface area contributed by atoms with Crippen LogP contribution in [0.2, 0.25) is 0 Å². The van der Waals surface area contributed by atoms with Crippen molar-refractivity contribution in [3.8, 4) is 5.75 Å². The number of para-hydroxylation sites is 1. The molecule has 0 fully saturated rings. The summed E-state index contributed by atoms with van der Waals surface area (Å²) >= 11 is 1.43. The zero-order chi connectivity index (χ0) is 18.2. The molecule has 0 aliphatic carbocycles. The fourth-order valence-electron chi connectivity index (χ4n) is 2.46. The van der Waals surface area contributed by atoms with Crippen LogP contribution in [0, 0.1) is 0 Å². The number of rotatable bonds is 8. The van der Waals surface area contributed by atoms with Crippen LogP contribution >= 0.6 is 11.8 Å². The standard InChI is InChI=1S/C21H22N2O2S/c1-2-3-13-25-18-9-6-8-17(14-18)22-20(24)15-26-21-12-11-16-7-4-5-10-19(16)23-21/h4-12,14H,2-3,13,15H2,1H3,(H,22,24). The maximum absolute atomic E-state index is 12.2. The summed E-state index contributed by atoms with van der Waals surface area (Å²) in [6, 6.07) is 19.4. The Labute approximate surface area is 158 Å². The maximum atomic E-state index is 12.2. The molecule has 1 aromatic heterocycles. The number of carbonyl (C=O) groups is 1. The number of ether oxygens (including phenoxy) is 1. The van der Waals surface area contributed by atoms with Gasteiger partial charge in [-0.05, 0) is 30.7 Å². The van der Waals surface area contributed by atoms with Gasteiger partial charge < -0.3 is 10.1 Å². The van der Waals surface area contributed by atoms with E-state index in [0.29, 0.717) is 12.4 Å². The third kappa shape index (κ3) is 5.23. The van der Waals surface area contributed by atoms with Crippen molar-refractivity contribution >= 4 is 34.3 Å². The first-order valence-electron chi connectivity index (χ1n) is 8.76. The quantitative estimate of drug-likeness (QED) is 0.443. The molecule has 0 radical (unpaired) electrons. The highest BCUT2D eigenvalue weighted by atomic mass is 32.2. The number of nitrogens with zero attached hydrogens (tertiary/aromatic N) is 1. The van der Waals surface area contributed by atoms with Gasteiger partial charge in [0.1, 0.15) is 5.75 Å². The first-order chi connectivity index (χ1) is 12.7. The molecule has 0 aliphatic rings. The maximum Gasteiger partial charge on any atom is 0.234 e. The van der Waals surface area contributed by atoms with E-state index in [0.717, 1.165) is 40.2 Å². The first kappa shape index (κ1) is 18.3. The van der Waals surface area contributed by atoms with Crippen LogP contribution in [0.5, 0.6) is 5.75 Å². The lowest BCUT2D eigenvalue weighted by Crippen LogP contribution is -2.14. The van der Waals surface area contributed by atoms with Crippen molar-refractivity contribution in [1.29, 1.82) is 0 Å². The summed E-state index contributed by atoms with van der Waals surface area (Å²) in [4.78, 5) is 16.8. The van der Waals surface area contributed by atoms with Crippen LogP contribution in [0.1, 0.15) is 19.8 Å². The van der Waals surface area contributed by atoms with Gasteiger partial charge in [-0.3, -0.25) is 4.79 Å². The van der Waals surface area contributed by atoms with E-state index in [1.807, 2.05) is 60.7 Å². The Hall–Kier alpha value is -2.53. The molecule has 2 aromatic carbocycles. The number of benzene rings is 2. The van der Waals surface area contributed by atoms with Gasteiger partial charge in [0.05, 0.1) is 22.9 Å². The van der Waals surface area contributed by atoms with Crippen LogP contribution in [0.25, 0.3) is 10.9 Å². The Morgan fingerprint density at radius 3 is 2.88 bits per heavy atom. The lowest BCUT2D eigenvalue weighted by atomic mass is 10.2. The number of thioether (sulfide) groups is 1. The Balaban J connectivity index is 1.54. The van der Waals surface area contributed by atoms with Crippen molar-refractivity contribution in [1.82, 2.24) is 4.98 Å². The van der Waals surface area contributed by atoms with Crippen molar-refractivity contribution in [3.05, 3.63) is 60.7 Å². The van der Waals surface area contributed by atoms with E-state index >= 15 is 0 Å². The molecule has 134 valence electrons. The summed E-state index contributed by atoms with van der Waals surface area (Å²) in [7, 11) is 0. The molecule has 0 saturated heterocycles. The Kier molecular flexibility index (Phi) is 6.50. The molecule has 3 rings (SSSR count). The van der Waals surface area contributed by atoms with Crippen LogP contribution in [0.4, 0.5) is 5.69 Å². The van der Waals surface area contributed by atoms with Gasteiger partial charge in [-0.1, -0.05) is 55.4 Å². The average Bonchev–Trinajstić information content (AvgIpc) is 2.67. The number of hydrogen-bond acceptors (Lipinski definition) is 4. The van der Waals surface area contributed by atoms with Crippen LogP contribution in [-0.2, 0) is 4.79 Å². The number of anilines is 1. The molecule has 1 heterocycles. The number of unbranched alkanes of at least 4 members (excludes halogenated alkanes) is 1. The van der Waals surface area contributed by atoms with Crippen LogP contribution < -0.4 is 10.1 Å². The molecule has 0 aliphatic heterocycles. The predicted molar refractivity (Wildman–Crippen MR) is 108 cm³/mol. The summed E-state index contributed by atoms with van der Waals surface area (Å²) in [6.07, 6.45) is 2.11. The lowest BCUT2D eigenvalue weighted by Gasteiger charge is -2.09. The van der Waals surface area contributed by atoms with E-state index in [1.165, 1.54) is 11.8 Å². The molecule has 0 atom stereocenters. The van der Waals surface area contributed by atoms with Crippen molar-refractivity contribution in [2.75, 3.05) is 17.7 Å². The molecule has 0 bridgehead atoms. The van der Waals surface area contributed by atoms with Crippen LogP contribution in [-0.4, -0.2) is 23.3 Å². The number of hydrogen-bond donors (Lipinski definition) is 1. The number of amides is 1. The number of nitrogens with one attached hydrogen (secondary N) is 1. The summed E-state index contributed by atoms with van der Waals surface area (Å²) in [5.74, 6) is 1.03. The summed E-state index contributed by atoms with van der Waals surface area (Å²) in [5, 5.41) is 4.85. The van der Waals surface area contributed by atoms with Crippen molar-refractivity contribution in [2.24, 2.45) is 0 Å². The third-order valence-electron chi connectivity index (χ3n) is 3.81. The van der Waals surface area contributed by atoms with E-state index in [-0.39, 0.29) is 5.91 Å². The van der Waals surface area contributed by atoms with E-state index in [2.05, 4.69) is 17.2 Å². The minimum absolute atomic E-state index is 0.0596. The normalized spacial score (nSPS) is 10.7. The second kappa shape index (κ2) is 9.25. The summed E-state index contributed by atoms with van der Waals surface area (Å²) in [5.41, 5.74) is 1.69. The van der Waals surface area contributed by atoms with Gasteiger partial charge in [-0.2, -0.15) is 0 Å². The fraction of sp³-hybridized carbons (Fsp3) is 0.238. The highest BCUT2D eigenvalue weighted by molar-refractivity contribution is 7.99. The van der Waals surface area contributed by atoms with Gasteiger partial charge >= 0.3 is 0 Å². The average molecular weight is 366 g/mol. The highest BCUT2D eigenvalue weighted by Gasteiger charge is 2.06. The Morgan fingerprint density at radius 1 is 1.12 bits per heavy atom. The molecule has 1 amide bonds. The lowest BCUT2D eigenvalue weighted by molar-refractivity contribution is -0.113. The SMILES string of the molecule is CCCCOc1cccc(NC(=O)CSc2ccc3ccccc3n2)c1. The van der Waals surface area contributed by atoms with E-state index < -0.39 is 0 Å². The van der Waals surface area contributed by atoms with Gasteiger partial charge in [-0.15, -0.1) is 0 Å². The number of carbonyl (C=O) groups excluding carboxylic acids is 1. The zero-order valence-electron chi connectivity index (χ0n) is 14.8. The Bertz CT molecular complexity index is 883. The Morgan fingerprint density at radius 2 is 2.00 bits per heavy atom. The van der Waals surface area contributed by atoms with Gasteiger partial charge in [-0.25, -0.2) is 4.98 Å². The smallest absolute Gasteiger partial charge is 0.234 e. The molecule has 0 spiro atoms. The van der Waals surface area contributed by atoms with E-state index in [9.17, 15) is 4.79 Å². The molecule has 5 heteroatoms. The number of aromatic nitrogens is 1. The topological polar surface area (TPSA) is 51.2 Å². The molecular weight excluding hydrogens is 344 g/mol. The fourth-order valence-corrected chi connectivity index (χ4v) is 3.14. The van der Waals surface area contributed by atoms with E-state index in [1.54, 1.807) is 0 Å². The van der Waals surface area contributed by atoms with Gasteiger partial charge in [0.2, 0.25) is 5.91 Å². The molecule has 0 unspecified atom stereocenters. The summed E-state index contributed by atoms with van der Waals surface area (Å²) in [6.45, 7) is 2.82. The zero-order valence-corrected chi connectivity index (χ0v) is 15.6. The van der Waals surface area contributed by atoms with Gasteiger partial charge in [0.25, 0.3) is 0 Å². The molecule has 1 N–H and O–H groups in total. The second-order valence-electron chi connectivity index (χ2n) is 5.91. The molecular formula is C21H22N2O2S. The van der Waals surface area contributed by atoms with Crippen molar-refractivity contribution in [2.45, 2.75) is 24.8 Å². The van der Waals surface area contributed by atoms with E-state index in [4.69, 9.17) is 4.74 Å². The second-order valence-corrected chi connectivity index (χ2v) is 6.90. The van der Waals surface area contributed by atoms with Gasteiger partial charge in [0.15, 0.2) is 0 Å². The molecule has 4 nitrogen and oxygen atoms in total. The minimum Gasteiger partial charge on any atom is -0.494 e. The monoisotopic (exact) mass is 366 g/mol. The van der Waals surface area contributed by atoms with Gasteiger partial charge in [0, 0.05) is 17.1 Å². The molecule has 3 aromatic rings. The first-order valence-corrected chi connectivity index (χ1v) is 9.74. The van der Waals surface area contributed by atoms with Crippen molar-refractivity contribution < 1.29 is 9.53 Å². The number of pyridine rings is 1.